The Hall–Kier alpha value is -2.64. The summed E-state index contributed by atoms with van der Waals surface area (Å²) < 4.78 is 31.9. The summed E-state index contributed by atoms with van der Waals surface area (Å²) >= 11 is 0. The molecule has 0 atom stereocenters. The fraction of sp³-hybridized carbons (Fsp3) is 0.250. The zero-order valence-corrected chi connectivity index (χ0v) is 16.5. The Morgan fingerprint density at radius 2 is 1.89 bits per heavy atom. The highest BCUT2D eigenvalue weighted by atomic mass is 32.2. The van der Waals surface area contributed by atoms with Gasteiger partial charge in [0.1, 0.15) is 5.75 Å². The van der Waals surface area contributed by atoms with E-state index in [0.29, 0.717) is 12.1 Å². The summed E-state index contributed by atoms with van der Waals surface area (Å²) in [6, 6.07) is 11.6. The lowest BCUT2D eigenvalue weighted by Crippen LogP contribution is -2.27. The molecule has 1 N–H and O–H groups in total. The van der Waals surface area contributed by atoms with E-state index in [4.69, 9.17) is 4.74 Å². The van der Waals surface area contributed by atoms with Gasteiger partial charge in [0.2, 0.25) is 10.0 Å². The van der Waals surface area contributed by atoms with Crippen molar-refractivity contribution < 1.29 is 17.9 Å². The van der Waals surface area contributed by atoms with E-state index < -0.39 is 10.0 Å². The van der Waals surface area contributed by atoms with Gasteiger partial charge in [0.15, 0.2) is 0 Å². The monoisotopic (exact) mass is 388 g/mol. The van der Waals surface area contributed by atoms with Crippen LogP contribution in [0.5, 0.6) is 5.75 Å². The number of rotatable bonds is 8. The molecule has 144 valence electrons. The fourth-order valence-corrected chi connectivity index (χ4v) is 3.61. The number of hydrogen-bond acceptors (Lipinski definition) is 4. The van der Waals surface area contributed by atoms with Gasteiger partial charge in [0.05, 0.1) is 12.0 Å². The Labute approximate surface area is 160 Å². The third-order valence-corrected chi connectivity index (χ3v) is 5.46. The zero-order chi connectivity index (χ0) is 20.0. The Morgan fingerprint density at radius 3 is 2.48 bits per heavy atom. The van der Waals surface area contributed by atoms with Crippen LogP contribution in [0, 0.1) is 6.92 Å². The predicted octanol–water partition coefficient (Wildman–Crippen LogP) is 2.74. The Kier molecular flexibility index (Phi) is 6.76. The van der Waals surface area contributed by atoms with E-state index in [1.165, 1.54) is 30.3 Å². The molecule has 0 bridgehead atoms. The molecule has 0 spiro atoms. The van der Waals surface area contributed by atoms with E-state index in [2.05, 4.69) is 11.3 Å². The lowest BCUT2D eigenvalue weighted by Gasteiger charge is -2.19. The number of benzene rings is 2. The summed E-state index contributed by atoms with van der Waals surface area (Å²) in [6.07, 6.45) is 1.46. The highest BCUT2D eigenvalue weighted by Crippen LogP contribution is 2.22. The summed E-state index contributed by atoms with van der Waals surface area (Å²) in [5, 5.41) is 0. The van der Waals surface area contributed by atoms with Crippen molar-refractivity contribution in [2.24, 2.45) is 0 Å². The minimum Gasteiger partial charge on any atom is -0.496 e. The molecule has 0 radical (unpaired) electrons. The molecule has 0 heterocycles. The number of carbonyl (C=O) groups excluding carboxylic acids is 1. The smallest absolute Gasteiger partial charge is 0.253 e. The molecule has 0 aromatic heterocycles. The van der Waals surface area contributed by atoms with Crippen LogP contribution in [-0.4, -0.2) is 39.9 Å². The second kappa shape index (κ2) is 8.83. The first-order chi connectivity index (χ1) is 12.8. The van der Waals surface area contributed by atoms with Crippen LogP contribution in [0.2, 0.25) is 0 Å². The minimum absolute atomic E-state index is 0.101. The molecule has 1 amide bonds. The maximum absolute atomic E-state index is 12.7. The molecule has 0 aliphatic rings. The Balaban J connectivity index is 2.15. The van der Waals surface area contributed by atoms with Crippen molar-refractivity contribution in [2.75, 3.05) is 20.7 Å². The van der Waals surface area contributed by atoms with Crippen LogP contribution in [0.3, 0.4) is 0 Å². The predicted molar refractivity (Wildman–Crippen MR) is 105 cm³/mol. The topological polar surface area (TPSA) is 75.7 Å². The first-order valence-corrected chi connectivity index (χ1v) is 9.86. The van der Waals surface area contributed by atoms with Crippen LogP contribution in [0.25, 0.3) is 0 Å². The van der Waals surface area contributed by atoms with Crippen molar-refractivity contribution in [1.82, 2.24) is 9.62 Å². The van der Waals surface area contributed by atoms with Gasteiger partial charge in [-0.15, -0.1) is 6.58 Å². The van der Waals surface area contributed by atoms with Crippen molar-refractivity contribution in [1.29, 1.82) is 0 Å². The number of methoxy groups -OCH3 is 1. The highest BCUT2D eigenvalue weighted by molar-refractivity contribution is 7.89. The van der Waals surface area contributed by atoms with Gasteiger partial charge in [-0.25, -0.2) is 13.1 Å². The highest BCUT2D eigenvalue weighted by Gasteiger charge is 2.17. The van der Waals surface area contributed by atoms with Gasteiger partial charge >= 0.3 is 0 Å². The Morgan fingerprint density at radius 1 is 1.22 bits per heavy atom. The molecule has 2 aromatic rings. The fourth-order valence-electron chi connectivity index (χ4n) is 2.61. The molecule has 27 heavy (non-hydrogen) atoms. The number of amides is 1. The standard InChI is InChI=1S/C20H24N2O4S/c1-5-12-21-27(24,25)18-9-7-16(8-10-18)20(23)22(3)14-17-13-15(2)6-11-19(17)26-4/h5-11,13,21H,1,12,14H2,2-4H3. The molecular weight excluding hydrogens is 364 g/mol. The van der Waals surface area contributed by atoms with Crippen LogP contribution >= 0.6 is 0 Å². The van der Waals surface area contributed by atoms with Gasteiger partial charge in [-0.2, -0.15) is 0 Å². The number of nitrogens with zero attached hydrogens (tertiary/aromatic N) is 1. The summed E-state index contributed by atoms with van der Waals surface area (Å²) in [6.45, 7) is 5.98. The Bertz CT molecular complexity index is 921. The summed E-state index contributed by atoms with van der Waals surface area (Å²) in [5.41, 5.74) is 2.39. The van der Waals surface area contributed by atoms with Crippen molar-refractivity contribution in [2.45, 2.75) is 18.4 Å². The average Bonchev–Trinajstić information content (AvgIpc) is 2.66. The summed E-state index contributed by atoms with van der Waals surface area (Å²) in [5.74, 6) is 0.511. The minimum atomic E-state index is -3.61. The van der Waals surface area contributed by atoms with E-state index in [1.54, 1.807) is 19.1 Å². The van der Waals surface area contributed by atoms with Gasteiger partial charge in [-0.05, 0) is 37.3 Å². The van der Waals surface area contributed by atoms with E-state index in [0.717, 1.165) is 16.9 Å². The van der Waals surface area contributed by atoms with E-state index in [-0.39, 0.29) is 17.3 Å². The second-order valence-corrected chi connectivity index (χ2v) is 7.91. The lowest BCUT2D eigenvalue weighted by molar-refractivity contribution is 0.0784. The number of carbonyl (C=O) groups is 1. The summed E-state index contributed by atoms with van der Waals surface area (Å²) in [7, 11) is -0.322. The van der Waals surface area contributed by atoms with E-state index >= 15 is 0 Å². The van der Waals surface area contributed by atoms with Crippen LogP contribution in [0.1, 0.15) is 21.5 Å². The van der Waals surface area contributed by atoms with E-state index in [9.17, 15) is 13.2 Å². The molecule has 0 aliphatic carbocycles. The molecule has 0 fully saturated rings. The number of nitrogens with one attached hydrogen (secondary N) is 1. The zero-order valence-electron chi connectivity index (χ0n) is 15.7. The van der Waals surface area contributed by atoms with Gasteiger partial charge in [-0.1, -0.05) is 23.8 Å². The van der Waals surface area contributed by atoms with Gasteiger partial charge in [0.25, 0.3) is 5.91 Å². The maximum Gasteiger partial charge on any atom is 0.253 e. The van der Waals surface area contributed by atoms with E-state index in [1.807, 2.05) is 25.1 Å². The first-order valence-electron chi connectivity index (χ1n) is 8.38. The third-order valence-electron chi connectivity index (χ3n) is 4.02. The summed E-state index contributed by atoms with van der Waals surface area (Å²) in [4.78, 5) is 14.3. The van der Waals surface area contributed by atoms with Crippen LogP contribution in [-0.2, 0) is 16.6 Å². The number of ether oxygens (including phenoxy) is 1. The first kappa shape index (κ1) is 20.7. The molecule has 0 aliphatic heterocycles. The van der Waals surface area contributed by atoms with Gasteiger partial charge in [0, 0.05) is 31.3 Å². The van der Waals surface area contributed by atoms with Crippen molar-refractivity contribution in [3.05, 3.63) is 71.8 Å². The molecular formula is C20H24N2O4S. The molecule has 2 aromatic carbocycles. The van der Waals surface area contributed by atoms with Crippen molar-refractivity contribution in [3.63, 3.8) is 0 Å². The largest absolute Gasteiger partial charge is 0.496 e. The number of aryl methyl sites for hydroxylation is 1. The average molecular weight is 388 g/mol. The van der Waals surface area contributed by atoms with Crippen molar-refractivity contribution >= 4 is 15.9 Å². The van der Waals surface area contributed by atoms with Crippen LogP contribution in [0.15, 0.2) is 60.0 Å². The third kappa shape index (κ3) is 5.18. The van der Waals surface area contributed by atoms with Crippen molar-refractivity contribution in [3.8, 4) is 5.75 Å². The molecule has 6 nitrogen and oxygen atoms in total. The number of sulfonamides is 1. The second-order valence-electron chi connectivity index (χ2n) is 6.14. The molecule has 2 rings (SSSR count). The van der Waals surface area contributed by atoms with Crippen LogP contribution < -0.4 is 9.46 Å². The quantitative estimate of drug-likeness (QED) is 0.706. The molecule has 0 unspecified atom stereocenters. The number of hydrogen-bond donors (Lipinski definition) is 1. The van der Waals surface area contributed by atoms with Gasteiger partial charge in [-0.3, -0.25) is 4.79 Å². The van der Waals surface area contributed by atoms with Crippen LogP contribution in [0.4, 0.5) is 0 Å². The van der Waals surface area contributed by atoms with Gasteiger partial charge < -0.3 is 9.64 Å². The molecule has 0 saturated carbocycles. The molecule has 7 heteroatoms. The normalized spacial score (nSPS) is 11.1. The lowest BCUT2D eigenvalue weighted by atomic mass is 10.1. The maximum atomic E-state index is 12.7. The molecule has 0 saturated heterocycles. The SMILES string of the molecule is C=CCNS(=O)(=O)c1ccc(C(=O)N(C)Cc2cc(C)ccc2OC)cc1.